The van der Waals surface area contributed by atoms with E-state index in [1.54, 1.807) is 25.3 Å². The Bertz CT molecular complexity index is 1060. The second-order valence-corrected chi connectivity index (χ2v) is 8.24. The van der Waals surface area contributed by atoms with Gasteiger partial charge >= 0.3 is 6.18 Å². The number of nitrogens with one attached hydrogen (secondary N) is 1. The van der Waals surface area contributed by atoms with Crippen LogP contribution in [0.5, 0.6) is 5.75 Å². The summed E-state index contributed by atoms with van der Waals surface area (Å²) >= 11 is 0. The highest BCUT2D eigenvalue weighted by Crippen LogP contribution is 2.45. The monoisotopic (exact) mass is 424 g/mol. The summed E-state index contributed by atoms with van der Waals surface area (Å²) in [5.74, 6) is -0.330. The smallest absolute Gasteiger partial charge is 0.417 e. The molecule has 1 atom stereocenters. The molecule has 0 saturated carbocycles. The predicted molar refractivity (Wildman–Crippen MR) is 106 cm³/mol. The van der Waals surface area contributed by atoms with Crippen LogP contribution in [0, 0.1) is 12.7 Å². The molecule has 0 bridgehead atoms. The number of aromatic amines is 1. The van der Waals surface area contributed by atoms with Gasteiger partial charge in [0.15, 0.2) is 5.60 Å². The number of benzene rings is 1. The maximum atomic E-state index is 14.1. The molecule has 162 valence electrons. The zero-order chi connectivity index (χ0) is 22.3. The molecule has 0 aliphatic carbocycles. The molecule has 30 heavy (non-hydrogen) atoms. The van der Waals surface area contributed by atoms with Crippen LogP contribution >= 0.6 is 0 Å². The van der Waals surface area contributed by atoms with E-state index < -0.39 is 35.9 Å². The SMILES string of the molecule is COc1ccc(F)cc1C(C)(C)CC(O)(Cc1[nH]c2cccnc2c1C)C(F)(F)F. The number of ether oxygens (including phenoxy) is 1. The Morgan fingerprint density at radius 1 is 1.17 bits per heavy atom. The first kappa shape index (κ1) is 22.1. The van der Waals surface area contributed by atoms with E-state index in [0.717, 1.165) is 6.07 Å². The average Bonchev–Trinajstić information content (AvgIpc) is 2.96. The summed E-state index contributed by atoms with van der Waals surface area (Å²) in [5, 5.41) is 10.9. The van der Waals surface area contributed by atoms with Crippen LogP contribution < -0.4 is 4.74 Å². The fourth-order valence-electron chi connectivity index (χ4n) is 3.97. The van der Waals surface area contributed by atoms with Crippen molar-refractivity contribution in [2.75, 3.05) is 7.11 Å². The molecular formula is C22H24F4N2O2. The van der Waals surface area contributed by atoms with Crippen molar-refractivity contribution in [3.63, 3.8) is 0 Å². The maximum absolute atomic E-state index is 14.1. The highest BCUT2D eigenvalue weighted by molar-refractivity contribution is 5.80. The van der Waals surface area contributed by atoms with Gasteiger partial charge in [-0.1, -0.05) is 13.8 Å². The molecule has 0 amide bonds. The van der Waals surface area contributed by atoms with Crippen LogP contribution in [0.4, 0.5) is 17.6 Å². The summed E-state index contributed by atoms with van der Waals surface area (Å²) in [6, 6.07) is 7.08. The predicted octanol–water partition coefficient (Wildman–Crippen LogP) is 5.22. The molecule has 8 heteroatoms. The van der Waals surface area contributed by atoms with Crippen molar-refractivity contribution in [2.45, 2.75) is 50.8 Å². The van der Waals surface area contributed by atoms with E-state index in [2.05, 4.69) is 9.97 Å². The van der Waals surface area contributed by atoms with Crippen LogP contribution in [0.2, 0.25) is 0 Å². The van der Waals surface area contributed by atoms with Crippen LogP contribution in [0.3, 0.4) is 0 Å². The summed E-state index contributed by atoms with van der Waals surface area (Å²) in [6.07, 6.45) is -4.73. The Balaban J connectivity index is 2.03. The third-order valence-electron chi connectivity index (χ3n) is 5.52. The van der Waals surface area contributed by atoms with Crippen molar-refractivity contribution >= 4 is 11.0 Å². The van der Waals surface area contributed by atoms with Crippen molar-refractivity contribution in [1.82, 2.24) is 9.97 Å². The third kappa shape index (κ3) is 4.01. The van der Waals surface area contributed by atoms with E-state index in [1.165, 1.54) is 33.1 Å². The van der Waals surface area contributed by atoms with E-state index in [1.807, 2.05) is 0 Å². The van der Waals surface area contributed by atoms with E-state index in [0.29, 0.717) is 16.6 Å². The molecule has 1 aromatic carbocycles. The highest BCUT2D eigenvalue weighted by Gasteiger charge is 2.56. The fourth-order valence-corrected chi connectivity index (χ4v) is 3.97. The van der Waals surface area contributed by atoms with Gasteiger partial charge in [0.2, 0.25) is 0 Å². The molecule has 0 aliphatic heterocycles. The molecule has 3 rings (SSSR count). The molecule has 2 heterocycles. The first-order chi connectivity index (χ1) is 13.9. The molecule has 0 aliphatic rings. The van der Waals surface area contributed by atoms with Gasteiger partial charge in [-0.2, -0.15) is 13.2 Å². The number of nitrogens with zero attached hydrogens (tertiary/aromatic N) is 1. The summed E-state index contributed by atoms with van der Waals surface area (Å²) < 4.78 is 61.4. The van der Waals surface area contributed by atoms with Crippen LogP contribution in [0.15, 0.2) is 36.5 Å². The first-order valence-corrected chi connectivity index (χ1v) is 9.43. The summed E-state index contributed by atoms with van der Waals surface area (Å²) in [7, 11) is 1.36. The van der Waals surface area contributed by atoms with Gasteiger partial charge in [0.05, 0.1) is 18.1 Å². The summed E-state index contributed by atoms with van der Waals surface area (Å²) in [4.78, 5) is 7.14. The lowest BCUT2D eigenvalue weighted by atomic mass is 9.73. The molecule has 1 unspecified atom stereocenters. The zero-order valence-electron chi connectivity index (χ0n) is 17.2. The van der Waals surface area contributed by atoms with Gasteiger partial charge in [-0.15, -0.1) is 0 Å². The van der Waals surface area contributed by atoms with Crippen LogP contribution in [-0.4, -0.2) is 34.0 Å². The number of aromatic nitrogens is 2. The summed E-state index contributed by atoms with van der Waals surface area (Å²) in [6.45, 7) is 4.72. The molecule has 4 nitrogen and oxygen atoms in total. The van der Waals surface area contributed by atoms with Gasteiger partial charge in [-0.05, 0) is 54.7 Å². The summed E-state index contributed by atoms with van der Waals surface area (Å²) in [5.41, 5.74) is -2.08. The van der Waals surface area contributed by atoms with Gasteiger partial charge < -0.3 is 14.8 Å². The zero-order valence-corrected chi connectivity index (χ0v) is 17.2. The molecule has 0 saturated heterocycles. The highest BCUT2D eigenvalue weighted by atomic mass is 19.4. The van der Waals surface area contributed by atoms with E-state index in [4.69, 9.17) is 4.74 Å². The quantitative estimate of drug-likeness (QED) is 0.533. The number of hydrogen-bond donors (Lipinski definition) is 2. The Labute approximate surface area is 171 Å². The van der Waals surface area contributed by atoms with Crippen LogP contribution in [0.1, 0.15) is 37.1 Å². The third-order valence-corrected chi connectivity index (χ3v) is 5.52. The molecule has 0 radical (unpaired) electrons. The van der Waals surface area contributed by atoms with Crippen LogP contribution in [-0.2, 0) is 11.8 Å². The number of halogens is 4. The van der Waals surface area contributed by atoms with Crippen molar-refractivity contribution in [1.29, 1.82) is 0 Å². The minimum atomic E-state index is -4.91. The number of alkyl halides is 3. The number of rotatable bonds is 6. The normalized spacial score (nSPS) is 14.7. The number of aryl methyl sites for hydroxylation is 1. The lowest BCUT2D eigenvalue weighted by Crippen LogP contribution is -2.51. The van der Waals surface area contributed by atoms with Gasteiger partial charge in [0.1, 0.15) is 11.6 Å². The van der Waals surface area contributed by atoms with Gasteiger partial charge in [-0.25, -0.2) is 4.39 Å². The number of methoxy groups -OCH3 is 1. The topological polar surface area (TPSA) is 58.1 Å². The largest absolute Gasteiger partial charge is 0.496 e. The van der Waals surface area contributed by atoms with Crippen LogP contribution in [0.25, 0.3) is 11.0 Å². The second-order valence-electron chi connectivity index (χ2n) is 8.24. The Morgan fingerprint density at radius 3 is 2.47 bits per heavy atom. The average molecular weight is 424 g/mol. The van der Waals surface area contributed by atoms with Gasteiger partial charge in [-0.3, -0.25) is 4.98 Å². The molecular weight excluding hydrogens is 400 g/mol. The molecule has 2 aromatic heterocycles. The number of pyridine rings is 1. The van der Waals surface area contributed by atoms with Crippen molar-refractivity contribution in [3.8, 4) is 5.75 Å². The molecule has 3 aromatic rings. The fraction of sp³-hybridized carbons (Fsp3) is 0.409. The minimum Gasteiger partial charge on any atom is -0.496 e. The van der Waals surface area contributed by atoms with E-state index in [-0.39, 0.29) is 17.0 Å². The van der Waals surface area contributed by atoms with Crippen molar-refractivity contribution in [3.05, 3.63) is 59.2 Å². The number of H-pyrrole nitrogens is 1. The van der Waals surface area contributed by atoms with Crippen molar-refractivity contribution < 1.29 is 27.4 Å². The molecule has 0 fully saturated rings. The Kier molecular flexibility index (Phi) is 5.58. The van der Waals surface area contributed by atoms with E-state index in [9.17, 15) is 22.7 Å². The first-order valence-electron chi connectivity index (χ1n) is 9.43. The lowest BCUT2D eigenvalue weighted by molar-refractivity contribution is -0.266. The second kappa shape index (κ2) is 7.58. The van der Waals surface area contributed by atoms with Crippen molar-refractivity contribution in [2.24, 2.45) is 0 Å². The van der Waals surface area contributed by atoms with E-state index >= 15 is 0 Å². The number of aliphatic hydroxyl groups is 1. The molecule has 0 spiro atoms. The Morgan fingerprint density at radius 2 is 1.87 bits per heavy atom. The maximum Gasteiger partial charge on any atom is 0.417 e. The number of fused-ring (bicyclic) bond motifs is 1. The number of hydrogen-bond acceptors (Lipinski definition) is 3. The lowest BCUT2D eigenvalue weighted by Gasteiger charge is -2.38. The molecule has 2 N–H and O–H groups in total. The minimum absolute atomic E-state index is 0.253. The standard InChI is InChI=1S/C22H24F4N2O2/c1-13-17(28-16-6-5-9-27-19(13)16)11-21(29,22(24,25)26)12-20(2,3)15-10-14(23)7-8-18(15)30-4/h5-10,28-29H,11-12H2,1-4H3. The van der Waals surface area contributed by atoms with Gasteiger partial charge in [0.25, 0.3) is 0 Å². The Hall–Kier alpha value is -2.61. The van der Waals surface area contributed by atoms with Gasteiger partial charge in [0, 0.05) is 23.9 Å².